The largest absolute Gasteiger partial charge is 0.494 e. The summed E-state index contributed by atoms with van der Waals surface area (Å²) in [5.74, 6) is -0.657. The van der Waals surface area contributed by atoms with Crippen molar-refractivity contribution in [3.63, 3.8) is 0 Å². The Morgan fingerprint density at radius 1 is 1.12 bits per heavy atom. The quantitative estimate of drug-likeness (QED) is 0.527. The van der Waals surface area contributed by atoms with Crippen molar-refractivity contribution in [3.8, 4) is 5.75 Å². The van der Waals surface area contributed by atoms with Crippen LogP contribution in [0.5, 0.6) is 5.75 Å². The molecule has 0 spiro atoms. The standard InChI is InChI=1S/C18H26N2O5/c1-4-6-11-24-15-9-7-14(8-10-15)17(22)25-12-16(21)20-18(23)19-13(3)5-2/h7-10,13H,4-6,11-12H2,1-3H3,(H2,19,20,21,23)/t13-/m0/s1. The number of nitrogens with one attached hydrogen (secondary N) is 2. The molecule has 0 aliphatic carbocycles. The molecule has 0 aliphatic heterocycles. The molecule has 0 aromatic heterocycles. The minimum atomic E-state index is -0.686. The number of hydrogen-bond acceptors (Lipinski definition) is 5. The fraction of sp³-hybridized carbons (Fsp3) is 0.500. The summed E-state index contributed by atoms with van der Waals surface area (Å²) in [6.45, 7) is 5.90. The van der Waals surface area contributed by atoms with Crippen molar-refractivity contribution in [2.75, 3.05) is 13.2 Å². The van der Waals surface area contributed by atoms with Gasteiger partial charge in [-0.05, 0) is 44.0 Å². The molecule has 0 aliphatic rings. The molecule has 0 bridgehead atoms. The monoisotopic (exact) mass is 350 g/mol. The first-order valence-electron chi connectivity index (χ1n) is 8.46. The zero-order valence-corrected chi connectivity index (χ0v) is 15.0. The second kappa shape index (κ2) is 11.1. The lowest BCUT2D eigenvalue weighted by atomic mass is 10.2. The van der Waals surface area contributed by atoms with Crippen LogP contribution in [0.4, 0.5) is 4.79 Å². The highest BCUT2D eigenvalue weighted by atomic mass is 16.5. The molecular formula is C18H26N2O5. The third kappa shape index (κ3) is 8.19. The van der Waals surface area contributed by atoms with Gasteiger partial charge in [-0.1, -0.05) is 20.3 Å². The van der Waals surface area contributed by atoms with E-state index in [0.717, 1.165) is 19.3 Å². The Hall–Kier alpha value is -2.57. The van der Waals surface area contributed by atoms with Crippen LogP contribution in [0, 0.1) is 0 Å². The average Bonchev–Trinajstić information content (AvgIpc) is 2.60. The first kappa shape index (κ1) is 20.5. The van der Waals surface area contributed by atoms with Crippen molar-refractivity contribution < 1.29 is 23.9 Å². The van der Waals surface area contributed by atoms with Crippen LogP contribution in [0.2, 0.25) is 0 Å². The van der Waals surface area contributed by atoms with Gasteiger partial charge in [0.05, 0.1) is 12.2 Å². The van der Waals surface area contributed by atoms with E-state index in [1.807, 2.05) is 13.8 Å². The number of rotatable bonds is 9. The van der Waals surface area contributed by atoms with Crippen molar-refractivity contribution in [2.45, 2.75) is 46.1 Å². The third-order valence-electron chi connectivity index (χ3n) is 3.43. The highest BCUT2D eigenvalue weighted by molar-refractivity contribution is 5.97. The number of amides is 3. The zero-order chi connectivity index (χ0) is 18.7. The van der Waals surface area contributed by atoms with Gasteiger partial charge in [0.25, 0.3) is 5.91 Å². The lowest BCUT2D eigenvalue weighted by Crippen LogP contribution is -2.44. The van der Waals surface area contributed by atoms with Crippen molar-refractivity contribution >= 4 is 17.9 Å². The molecule has 3 amide bonds. The fourth-order valence-electron chi connectivity index (χ4n) is 1.76. The number of benzene rings is 1. The van der Waals surface area contributed by atoms with Gasteiger partial charge in [-0.15, -0.1) is 0 Å². The highest BCUT2D eigenvalue weighted by Gasteiger charge is 2.13. The number of urea groups is 1. The summed E-state index contributed by atoms with van der Waals surface area (Å²) >= 11 is 0. The van der Waals surface area contributed by atoms with E-state index in [4.69, 9.17) is 9.47 Å². The summed E-state index contributed by atoms with van der Waals surface area (Å²) in [6.07, 6.45) is 2.75. The molecule has 1 rings (SSSR count). The second-order valence-electron chi connectivity index (χ2n) is 5.63. The summed E-state index contributed by atoms with van der Waals surface area (Å²) in [4.78, 5) is 35.0. The number of ether oxygens (including phenoxy) is 2. The van der Waals surface area contributed by atoms with Crippen LogP contribution in [0.1, 0.15) is 50.4 Å². The molecule has 7 nitrogen and oxygen atoms in total. The highest BCUT2D eigenvalue weighted by Crippen LogP contribution is 2.13. The topological polar surface area (TPSA) is 93.7 Å². The minimum absolute atomic E-state index is 0.0478. The van der Waals surface area contributed by atoms with E-state index >= 15 is 0 Å². The maximum atomic E-state index is 11.9. The Kier molecular flexibility index (Phi) is 9.06. The molecule has 0 saturated carbocycles. The molecule has 7 heteroatoms. The lowest BCUT2D eigenvalue weighted by molar-refractivity contribution is -0.123. The lowest BCUT2D eigenvalue weighted by Gasteiger charge is -2.11. The van der Waals surface area contributed by atoms with E-state index in [0.29, 0.717) is 17.9 Å². The number of unbranched alkanes of at least 4 members (excludes halogenated alkanes) is 1. The van der Waals surface area contributed by atoms with Crippen LogP contribution in [0.15, 0.2) is 24.3 Å². The number of carbonyl (C=O) groups excluding carboxylic acids is 3. The van der Waals surface area contributed by atoms with Crippen LogP contribution in [-0.4, -0.2) is 37.2 Å². The van der Waals surface area contributed by atoms with Crippen LogP contribution in [-0.2, 0) is 9.53 Å². The van der Waals surface area contributed by atoms with Crippen molar-refractivity contribution in [2.24, 2.45) is 0 Å². The summed E-state index contributed by atoms with van der Waals surface area (Å²) in [5, 5.41) is 4.69. The second-order valence-corrected chi connectivity index (χ2v) is 5.63. The predicted octanol–water partition coefficient (Wildman–Crippen LogP) is 2.65. The van der Waals surface area contributed by atoms with E-state index in [2.05, 4.69) is 17.6 Å². The molecular weight excluding hydrogens is 324 g/mol. The third-order valence-corrected chi connectivity index (χ3v) is 3.43. The molecule has 1 aromatic carbocycles. The zero-order valence-electron chi connectivity index (χ0n) is 15.0. The van der Waals surface area contributed by atoms with Gasteiger partial charge in [0, 0.05) is 6.04 Å². The van der Waals surface area contributed by atoms with Gasteiger partial charge in [-0.3, -0.25) is 10.1 Å². The molecule has 2 N–H and O–H groups in total. The van der Waals surface area contributed by atoms with Gasteiger partial charge in [0.1, 0.15) is 5.75 Å². The smallest absolute Gasteiger partial charge is 0.338 e. The molecule has 0 heterocycles. The first-order valence-corrected chi connectivity index (χ1v) is 8.46. The van der Waals surface area contributed by atoms with Gasteiger partial charge in [-0.2, -0.15) is 0 Å². The van der Waals surface area contributed by atoms with Crippen LogP contribution in [0.3, 0.4) is 0 Å². The summed E-state index contributed by atoms with van der Waals surface area (Å²) in [5.41, 5.74) is 0.305. The van der Waals surface area contributed by atoms with Gasteiger partial charge < -0.3 is 14.8 Å². The van der Waals surface area contributed by atoms with E-state index in [-0.39, 0.29) is 6.04 Å². The molecule has 138 valence electrons. The van der Waals surface area contributed by atoms with Gasteiger partial charge in [0.2, 0.25) is 0 Å². The minimum Gasteiger partial charge on any atom is -0.494 e. The summed E-state index contributed by atoms with van der Waals surface area (Å²) in [7, 11) is 0. The average molecular weight is 350 g/mol. The molecule has 0 radical (unpaired) electrons. The number of carbonyl (C=O) groups is 3. The van der Waals surface area contributed by atoms with Crippen LogP contribution >= 0.6 is 0 Å². The maximum absolute atomic E-state index is 11.9. The van der Waals surface area contributed by atoms with E-state index in [9.17, 15) is 14.4 Å². The van der Waals surface area contributed by atoms with Crippen LogP contribution in [0.25, 0.3) is 0 Å². The van der Waals surface area contributed by atoms with Gasteiger partial charge in [0.15, 0.2) is 6.61 Å². The molecule has 1 atom stereocenters. The summed E-state index contributed by atoms with van der Waals surface area (Å²) < 4.78 is 10.4. The Morgan fingerprint density at radius 2 is 1.80 bits per heavy atom. The molecule has 1 aromatic rings. The Labute approximate surface area is 148 Å². The number of hydrogen-bond donors (Lipinski definition) is 2. The summed E-state index contributed by atoms with van der Waals surface area (Å²) in [6, 6.07) is 5.82. The van der Waals surface area contributed by atoms with Gasteiger partial charge in [-0.25, -0.2) is 9.59 Å². The Morgan fingerprint density at radius 3 is 2.40 bits per heavy atom. The SMILES string of the molecule is CCCCOc1ccc(C(=O)OCC(=O)NC(=O)N[C@@H](C)CC)cc1. The van der Waals surface area contributed by atoms with Crippen molar-refractivity contribution in [1.82, 2.24) is 10.6 Å². The predicted molar refractivity (Wildman–Crippen MR) is 93.6 cm³/mol. The Balaban J connectivity index is 2.38. The maximum Gasteiger partial charge on any atom is 0.338 e. The fourth-order valence-corrected chi connectivity index (χ4v) is 1.76. The number of esters is 1. The van der Waals surface area contributed by atoms with Crippen molar-refractivity contribution in [3.05, 3.63) is 29.8 Å². The van der Waals surface area contributed by atoms with E-state index in [1.54, 1.807) is 24.3 Å². The van der Waals surface area contributed by atoms with E-state index in [1.165, 1.54) is 0 Å². The normalized spacial score (nSPS) is 11.3. The number of imide groups is 1. The van der Waals surface area contributed by atoms with E-state index < -0.39 is 24.5 Å². The first-order chi connectivity index (χ1) is 12.0. The van der Waals surface area contributed by atoms with Crippen molar-refractivity contribution in [1.29, 1.82) is 0 Å². The molecule has 25 heavy (non-hydrogen) atoms. The molecule has 0 saturated heterocycles. The van der Waals surface area contributed by atoms with Gasteiger partial charge >= 0.3 is 12.0 Å². The molecule has 0 unspecified atom stereocenters. The van der Waals surface area contributed by atoms with Crippen LogP contribution < -0.4 is 15.4 Å². The Bertz CT molecular complexity index is 571. The molecule has 0 fully saturated rings.